The molecule has 0 saturated carbocycles. The van der Waals surface area contributed by atoms with Gasteiger partial charge in [0.15, 0.2) is 0 Å². The van der Waals surface area contributed by atoms with Crippen molar-refractivity contribution in [1.82, 2.24) is 0 Å². The molecular formula is C25H26N2O2. The van der Waals surface area contributed by atoms with Crippen molar-refractivity contribution in [2.45, 2.75) is 32.4 Å². The number of fused-ring (bicyclic) bond motifs is 1. The Morgan fingerprint density at radius 1 is 1.00 bits per heavy atom. The lowest BCUT2D eigenvalue weighted by atomic mass is 9.90. The van der Waals surface area contributed by atoms with Crippen LogP contribution in [0.4, 0.5) is 11.4 Å². The van der Waals surface area contributed by atoms with Crippen LogP contribution in [0.2, 0.25) is 0 Å². The first-order valence-electron chi connectivity index (χ1n) is 10.1. The summed E-state index contributed by atoms with van der Waals surface area (Å²) in [6, 6.07) is 26.0. The maximum Gasteiger partial charge on any atom is 0.258 e. The highest BCUT2D eigenvalue weighted by atomic mass is 16.5. The fraction of sp³-hybridized carbons (Fsp3) is 0.240. The molecule has 1 aliphatic heterocycles. The smallest absolute Gasteiger partial charge is 0.258 e. The van der Waals surface area contributed by atoms with E-state index in [2.05, 4.69) is 30.4 Å². The third-order valence-corrected chi connectivity index (χ3v) is 5.34. The Morgan fingerprint density at radius 3 is 2.41 bits per heavy atom. The van der Waals surface area contributed by atoms with E-state index in [1.54, 1.807) is 0 Å². The Kier molecular flexibility index (Phi) is 5.52. The van der Waals surface area contributed by atoms with Crippen LogP contribution in [0.5, 0.6) is 5.75 Å². The fourth-order valence-electron chi connectivity index (χ4n) is 3.99. The molecule has 29 heavy (non-hydrogen) atoms. The van der Waals surface area contributed by atoms with Crippen molar-refractivity contribution in [3.05, 3.63) is 90.0 Å². The molecule has 0 fully saturated rings. The van der Waals surface area contributed by atoms with Gasteiger partial charge in [-0.3, -0.25) is 4.79 Å². The van der Waals surface area contributed by atoms with Gasteiger partial charge in [0, 0.05) is 23.0 Å². The van der Waals surface area contributed by atoms with Crippen molar-refractivity contribution < 1.29 is 9.53 Å². The van der Waals surface area contributed by atoms with Crippen LogP contribution in [-0.2, 0) is 0 Å². The van der Waals surface area contributed by atoms with Gasteiger partial charge in [-0.05, 0) is 68.3 Å². The number of carbonyl (C=O) groups excluding carboxylic acids is 1. The normalized spacial score (nSPS) is 18.1. The molecule has 1 N–H and O–H groups in total. The average Bonchev–Trinajstić information content (AvgIpc) is 2.75. The number of rotatable bonds is 5. The van der Waals surface area contributed by atoms with Crippen LogP contribution in [0.3, 0.4) is 0 Å². The third kappa shape index (κ3) is 3.97. The Labute approximate surface area is 172 Å². The monoisotopic (exact) mass is 386 g/mol. The number of anilines is 2. The van der Waals surface area contributed by atoms with Gasteiger partial charge in [-0.2, -0.15) is 0 Å². The molecule has 2 atom stereocenters. The van der Waals surface area contributed by atoms with Gasteiger partial charge in [0.1, 0.15) is 5.75 Å². The third-order valence-electron chi connectivity index (χ3n) is 5.34. The van der Waals surface area contributed by atoms with Gasteiger partial charge < -0.3 is 15.0 Å². The number of benzene rings is 3. The van der Waals surface area contributed by atoms with E-state index in [0.29, 0.717) is 12.2 Å². The molecule has 1 amide bonds. The van der Waals surface area contributed by atoms with E-state index >= 15 is 0 Å². The lowest BCUT2D eigenvalue weighted by molar-refractivity contribution is 0.0974. The molecule has 0 aromatic heterocycles. The number of carbonyl (C=O) groups is 1. The lowest BCUT2D eigenvalue weighted by Crippen LogP contribution is -2.44. The highest BCUT2D eigenvalue weighted by molar-refractivity contribution is 6.07. The van der Waals surface area contributed by atoms with E-state index in [-0.39, 0.29) is 18.0 Å². The predicted octanol–water partition coefficient (Wildman–Crippen LogP) is 5.68. The van der Waals surface area contributed by atoms with Crippen LogP contribution in [0.25, 0.3) is 0 Å². The number of hydrogen-bond acceptors (Lipinski definition) is 3. The van der Waals surface area contributed by atoms with Crippen LogP contribution in [0.1, 0.15) is 42.2 Å². The van der Waals surface area contributed by atoms with Crippen molar-refractivity contribution >= 4 is 17.3 Å². The van der Waals surface area contributed by atoms with Gasteiger partial charge in [-0.15, -0.1) is 0 Å². The van der Waals surface area contributed by atoms with E-state index in [4.69, 9.17) is 4.74 Å². The van der Waals surface area contributed by atoms with Crippen molar-refractivity contribution in [3.8, 4) is 5.75 Å². The summed E-state index contributed by atoms with van der Waals surface area (Å²) in [6.45, 7) is 4.67. The summed E-state index contributed by atoms with van der Waals surface area (Å²) in [5.41, 5.74) is 3.88. The van der Waals surface area contributed by atoms with Crippen LogP contribution in [0.15, 0.2) is 78.9 Å². The van der Waals surface area contributed by atoms with Gasteiger partial charge >= 0.3 is 0 Å². The van der Waals surface area contributed by atoms with Gasteiger partial charge in [-0.25, -0.2) is 0 Å². The lowest BCUT2D eigenvalue weighted by Gasteiger charge is -2.40. The van der Waals surface area contributed by atoms with Gasteiger partial charge in [0.2, 0.25) is 0 Å². The molecule has 3 aromatic rings. The molecule has 0 saturated heterocycles. The Bertz CT molecular complexity index is 970. The molecule has 3 aromatic carbocycles. The maximum atomic E-state index is 13.4. The summed E-state index contributed by atoms with van der Waals surface area (Å²) < 4.78 is 5.50. The van der Waals surface area contributed by atoms with Gasteiger partial charge in [0.25, 0.3) is 5.91 Å². The first-order valence-corrected chi connectivity index (χ1v) is 10.1. The number of nitrogens with one attached hydrogen (secondary N) is 1. The molecule has 4 rings (SSSR count). The Balaban J connectivity index is 1.63. The van der Waals surface area contributed by atoms with Crippen LogP contribution in [0, 0.1) is 0 Å². The summed E-state index contributed by atoms with van der Waals surface area (Å²) >= 11 is 0. The van der Waals surface area contributed by atoms with Crippen molar-refractivity contribution in [2.24, 2.45) is 0 Å². The van der Waals surface area contributed by atoms with E-state index < -0.39 is 0 Å². The zero-order valence-corrected chi connectivity index (χ0v) is 16.8. The number of ether oxygens (including phenoxy) is 1. The summed E-state index contributed by atoms with van der Waals surface area (Å²) in [7, 11) is 0. The highest BCUT2D eigenvalue weighted by Crippen LogP contribution is 2.39. The standard InChI is InChI=1S/C25H26N2O2/c1-3-29-21-15-13-19(14-16-21)25(28)27-18(2)17-23(22-11-7-8-12-24(22)27)26-20-9-5-4-6-10-20/h4-16,18,23,26H,3,17H2,1-2H3. The molecule has 2 unspecified atom stereocenters. The minimum atomic E-state index is 0.0196. The molecule has 148 valence electrons. The summed E-state index contributed by atoms with van der Waals surface area (Å²) in [5.74, 6) is 0.800. The van der Waals surface area contributed by atoms with E-state index in [9.17, 15) is 4.79 Å². The Hall–Kier alpha value is -3.27. The minimum Gasteiger partial charge on any atom is -0.494 e. The van der Waals surface area contributed by atoms with E-state index in [1.165, 1.54) is 0 Å². The molecular weight excluding hydrogens is 360 g/mol. The van der Waals surface area contributed by atoms with Crippen molar-refractivity contribution in [3.63, 3.8) is 0 Å². The van der Waals surface area contributed by atoms with E-state index in [1.807, 2.05) is 72.5 Å². The number of hydrogen-bond donors (Lipinski definition) is 1. The van der Waals surface area contributed by atoms with Crippen LogP contribution >= 0.6 is 0 Å². The van der Waals surface area contributed by atoms with Gasteiger partial charge in [0.05, 0.1) is 12.6 Å². The van der Waals surface area contributed by atoms with E-state index in [0.717, 1.165) is 29.1 Å². The molecule has 0 spiro atoms. The zero-order chi connectivity index (χ0) is 20.2. The molecule has 1 heterocycles. The van der Waals surface area contributed by atoms with Crippen LogP contribution in [-0.4, -0.2) is 18.6 Å². The molecule has 0 bridgehead atoms. The number of amides is 1. The molecule has 1 aliphatic rings. The molecule has 0 radical (unpaired) electrons. The summed E-state index contributed by atoms with van der Waals surface area (Å²) in [4.78, 5) is 15.3. The quantitative estimate of drug-likeness (QED) is 0.613. The fourth-order valence-corrected chi connectivity index (χ4v) is 3.99. The largest absolute Gasteiger partial charge is 0.494 e. The molecule has 4 nitrogen and oxygen atoms in total. The summed E-state index contributed by atoms with van der Waals surface area (Å²) in [6.07, 6.45) is 0.842. The number of para-hydroxylation sites is 2. The van der Waals surface area contributed by atoms with Crippen molar-refractivity contribution in [1.29, 1.82) is 0 Å². The second kappa shape index (κ2) is 8.39. The number of nitrogens with zero attached hydrogens (tertiary/aromatic N) is 1. The predicted molar refractivity (Wildman–Crippen MR) is 118 cm³/mol. The first-order chi connectivity index (χ1) is 14.2. The summed E-state index contributed by atoms with van der Waals surface area (Å²) in [5, 5.41) is 3.63. The molecule has 0 aliphatic carbocycles. The second-order valence-electron chi connectivity index (χ2n) is 7.34. The van der Waals surface area contributed by atoms with Crippen molar-refractivity contribution in [2.75, 3.05) is 16.8 Å². The first kappa shape index (κ1) is 19.1. The zero-order valence-electron chi connectivity index (χ0n) is 16.8. The SMILES string of the molecule is CCOc1ccc(C(=O)N2c3ccccc3C(Nc3ccccc3)CC2C)cc1. The second-order valence-corrected chi connectivity index (χ2v) is 7.34. The topological polar surface area (TPSA) is 41.6 Å². The minimum absolute atomic E-state index is 0.0196. The highest BCUT2D eigenvalue weighted by Gasteiger charge is 2.34. The Morgan fingerprint density at radius 2 is 1.69 bits per heavy atom. The average molecular weight is 386 g/mol. The van der Waals surface area contributed by atoms with Crippen LogP contribution < -0.4 is 15.0 Å². The van der Waals surface area contributed by atoms with Gasteiger partial charge in [-0.1, -0.05) is 36.4 Å². The maximum absolute atomic E-state index is 13.4. The molecule has 4 heteroatoms.